The van der Waals surface area contributed by atoms with Gasteiger partial charge in [0, 0.05) is 32.0 Å². The summed E-state index contributed by atoms with van der Waals surface area (Å²) in [4.78, 5) is 13.4. The summed E-state index contributed by atoms with van der Waals surface area (Å²) in [6, 6.07) is 0.207. The van der Waals surface area contributed by atoms with E-state index in [1.807, 2.05) is 18.7 Å². The first kappa shape index (κ1) is 12.0. The molecule has 1 heterocycles. The molecule has 0 unspecified atom stereocenters. The predicted molar refractivity (Wildman–Crippen MR) is 61.0 cm³/mol. The Morgan fingerprint density at radius 3 is 2.87 bits per heavy atom. The van der Waals surface area contributed by atoms with E-state index in [0.29, 0.717) is 18.8 Å². The largest absolute Gasteiger partial charge is 0.360 e. The molecule has 1 rings (SSSR count). The zero-order valence-electron chi connectivity index (χ0n) is 9.68. The molecule has 0 aromatic rings. The number of piperidine rings is 1. The average Bonchev–Trinajstić information content (AvgIpc) is 2.15. The maximum absolute atomic E-state index is 11.4. The molecule has 0 atom stereocenters. The number of carbonyl (C=O) groups is 1. The highest BCUT2D eigenvalue weighted by molar-refractivity contribution is 5.81. The second-order valence-electron chi connectivity index (χ2n) is 4.36. The van der Waals surface area contributed by atoms with Crippen molar-refractivity contribution >= 4 is 11.7 Å². The highest BCUT2D eigenvalue weighted by Gasteiger charge is 2.15. The van der Waals surface area contributed by atoms with Crippen LogP contribution in [0.4, 0.5) is 0 Å². The summed E-state index contributed by atoms with van der Waals surface area (Å²) < 4.78 is 0. The molecular weight excluding hydrogens is 190 g/mol. The number of nitrogens with zero attached hydrogens (tertiary/aromatic N) is 1. The number of nitrogens with one attached hydrogen (secondary N) is 2. The van der Waals surface area contributed by atoms with E-state index < -0.39 is 0 Å². The van der Waals surface area contributed by atoms with E-state index in [2.05, 4.69) is 5.32 Å². The Morgan fingerprint density at radius 1 is 1.53 bits per heavy atom. The molecule has 4 nitrogen and oxygen atoms in total. The van der Waals surface area contributed by atoms with Gasteiger partial charge in [0.25, 0.3) is 0 Å². The Morgan fingerprint density at radius 2 is 2.27 bits per heavy atom. The minimum Gasteiger partial charge on any atom is -0.360 e. The second kappa shape index (κ2) is 5.73. The van der Waals surface area contributed by atoms with Crippen LogP contribution in [0.15, 0.2) is 0 Å². The molecule has 0 bridgehead atoms. The van der Waals surface area contributed by atoms with Gasteiger partial charge in [-0.05, 0) is 26.7 Å². The third-order valence-corrected chi connectivity index (χ3v) is 2.53. The maximum Gasteiger partial charge on any atom is 0.221 e. The zero-order valence-corrected chi connectivity index (χ0v) is 9.68. The highest BCUT2D eigenvalue weighted by atomic mass is 16.1. The molecule has 0 aromatic heterocycles. The molecule has 0 aromatic carbocycles. The van der Waals surface area contributed by atoms with Crippen molar-refractivity contribution in [3.05, 3.63) is 0 Å². The molecule has 1 fully saturated rings. The van der Waals surface area contributed by atoms with Crippen LogP contribution in [0.25, 0.3) is 0 Å². The van der Waals surface area contributed by atoms with Crippen LogP contribution >= 0.6 is 0 Å². The maximum atomic E-state index is 11.4. The first-order valence-electron chi connectivity index (χ1n) is 5.71. The molecule has 0 aliphatic carbocycles. The average molecular weight is 211 g/mol. The van der Waals surface area contributed by atoms with Gasteiger partial charge in [-0.25, -0.2) is 0 Å². The summed E-state index contributed by atoms with van der Waals surface area (Å²) in [7, 11) is 0. The lowest BCUT2D eigenvalue weighted by Crippen LogP contribution is -2.39. The van der Waals surface area contributed by atoms with Crippen molar-refractivity contribution in [2.24, 2.45) is 0 Å². The van der Waals surface area contributed by atoms with Crippen LogP contribution in [-0.2, 0) is 4.79 Å². The Hall–Kier alpha value is -1.06. The first-order valence-corrected chi connectivity index (χ1v) is 5.71. The van der Waals surface area contributed by atoms with Crippen molar-refractivity contribution in [3.63, 3.8) is 0 Å². The minimum atomic E-state index is 0.0865. The van der Waals surface area contributed by atoms with E-state index in [1.165, 1.54) is 0 Å². The number of amidine groups is 1. The Labute approximate surface area is 91.5 Å². The van der Waals surface area contributed by atoms with Gasteiger partial charge in [-0.1, -0.05) is 0 Å². The van der Waals surface area contributed by atoms with Gasteiger partial charge in [-0.3, -0.25) is 10.2 Å². The minimum absolute atomic E-state index is 0.0865. The normalized spacial score (nSPS) is 17.0. The molecule has 1 aliphatic rings. The summed E-state index contributed by atoms with van der Waals surface area (Å²) in [6.07, 6.45) is 3.63. The van der Waals surface area contributed by atoms with E-state index in [9.17, 15) is 4.79 Å². The molecule has 4 heteroatoms. The predicted octanol–water partition coefficient (Wildman–Crippen LogP) is 1.36. The van der Waals surface area contributed by atoms with Crippen LogP contribution in [0.5, 0.6) is 0 Å². The van der Waals surface area contributed by atoms with Crippen LogP contribution in [0.3, 0.4) is 0 Å². The summed E-state index contributed by atoms with van der Waals surface area (Å²) in [5, 5.41) is 10.6. The van der Waals surface area contributed by atoms with Crippen molar-refractivity contribution < 1.29 is 4.79 Å². The van der Waals surface area contributed by atoms with Gasteiger partial charge in [0.15, 0.2) is 0 Å². The van der Waals surface area contributed by atoms with Crippen LogP contribution in [-0.4, -0.2) is 35.8 Å². The Balaban J connectivity index is 2.23. The lowest BCUT2D eigenvalue weighted by atomic mass is 10.1. The van der Waals surface area contributed by atoms with Gasteiger partial charge < -0.3 is 10.2 Å². The number of hydrogen-bond acceptors (Lipinski definition) is 2. The van der Waals surface area contributed by atoms with E-state index >= 15 is 0 Å². The third kappa shape index (κ3) is 4.32. The number of hydrogen-bond donors (Lipinski definition) is 2. The number of amides is 1. The lowest BCUT2D eigenvalue weighted by molar-refractivity contribution is -0.121. The van der Waals surface area contributed by atoms with Crippen molar-refractivity contribution in [1.29, 1.82) is 5.41 Å². The molecule has 1 aliphatic heterocycles. The SMILES string of the molecule is CC(C)NC(=O)CCN1CCCCC1=N. The molecule has 0 radical (unpaired) electrons. The molecule has 0 spiro atoms. The molecule has 0 saturated carbocycles. The molecular formula is C11H21N3O. The highest BCUT2D eigenvalue weighted by Crippen LogP contribution is 2.10. The fraction of sp³-hybridized carbons (Fsp3) is 0.818. The third-order valence-electron chi connectivity index (χ3n) is 2.53. The van der Waals surface area contributed by atoms with Crippen LogP contribution in [0.2, 0.25) is 0 Å². The second-order valence-corrected chi connectivity index (χ2v) is 4.36. The number of carbonyl (C=O) groups excluding carboxylic acids is 1. The summed E-state index contributed by atoms with van der Waals surface area (Å²) >= 11 is 0. The first-order chi connectivity index (χ1) is 7.09. The van der Waals surface area contributed by atoms with Gasteiger partial charge in [-0.2, -0.15) is 0 Å². The van der Waals surface area contributed by atoms with E-state index in [0.717, 1.165) is 25.8 Å². The number of rotatable bonds is 4. The summed E-state index contributed by atoms with van der Waals surface area (Å²) in [5.41, 5.74) is 0. The van der Waals surface area contributed by atoms with Gasteiger partial charge >= 0.3 is 0 Å². The molecule has 1 amide bonds. The van der Waals surface area contributed by atoms with Crippen LogP contribution in [0.1, 0.15) is 39.5 Å². The fourth-order valence-corrected chi connectivity index (χ4v) is 1.77. The van der Waals surface area contributed by atoms with E-state index in [-0.39, 0.29) is 11.9 Å². The van der Waals surface area contributed by atoms with E-state index in [1.54, 1.807) is 0 Å². The van der Waals surface area contributed by atoms with Crippen LogP contribution < -0.4 is 5.32 Å². The lowest BCUT2D eigenvalue weighted by Gasteiger charge is -2.29. The fourth-order valence-electron chi connectivity index (χ4n) is 1.77. The van der Waals surface area contributed by atoms with Crippen LogP contribution in [0, 0.1) is 5.41 Å². The van der Waals surface area contributed by atoms with E-state index in [4.69, 9.17) is 5.41 Å². The zero-order chi connectivity index (χ0) is 11.3. The summed E-state index contributed by atoms with van der Waals surface area (Å²) in [6.45, 7) is 5.55. The molecule has 1 saturated heterocycles. The van der Waals surface area contributed by atoms with Crippen molar-refractivity contribution in [1.82, 2.24) is 10.2 Å². The molecule has 86 valence electrons. The van der Waals surface area contributed by atoms with Crippen molar-refractivity contribution in [2.45, 2.75) is 45.6 Å². The molecule has 2 N–H and O–H groups in total. The quantitative estimate of drug-likeness (QED) is 0.737. The monoisotopic (exact) mass is 211 g/mol. The smallest absolute Gasteiger partial charge is 0.221 e. The van der Waals surface area contributed by atoms with Crippen molar-refractivity contribution in [2.75, 3.05) is 13.1 Å². The standard InChI is InChI=1S/C11H21N3O/c1-9(2)13-11(15)6-8-14-7-4-3-5-10(14)12/h9,12H,3-8H2,1-2H3,(H,13,15). The topological polar surface area (TPSA) is 56.2 Å². The summed E-state index contributed by atoms with van der Waals surface area (Å²) in [5.74, 6) is 0.780. The van der Waals surface area contributed by atoms with Gasteiger partial charge in [-0.15, -0.1) is 0 Å². The Bertz CT molecular complexity index is 238. The van der Waals surface area contributed by atoms with Gasteiger partial charge in [0.05, 0.1) is 5.84 Å². The Kier molecular flexibility index (Phi) is 4.59. The number of likely N-dealkylation sites (tertiary alicyclic amines) is 1. The van der Waals surface area contributed by atoms with Crippen molar-refractivity contribution in [3.8, 4) is 0 Å². The van der Waals surface area contributed by atoms with Gasteiger partial charge in [0.2, 0.25) is 5.91 Å². The van der Waals surface area contributed by atoms with Gasteiger partial charge in [0.1, 0.15) is 0 Å². The molecule has 15 heavy (non-hydrogen) atoms.